The van der Waals surface area contributed by atoms with E-state index < -0.39 is 0 Å². The highest BCUT2D eigenvalue weighted by molar-refractivity contribution is 5.76. The molecule has 1 rings (SSSR count). The maximum Gasteiger partial charge on any atom is 0.255 e. The van der Waals surface area contributed by atoms with Crippen LogP contribution in [0.4, 0.5) is 0 Å². The molecule has 0 fully saturated rings. The lowest BCUT2D eigenvalue weighted by Gasteiger charge is -2.08. The zero-order valence-electron chi connectivity index (χ0n) is 3.55. The highest BCUT2D eigenvalue weighted by atomic mass is 16.8. The van der Waals surface area contributed by atoms with Gasteiger partial charge in [-0.3, -0.25) is 0 Å². The molecule has 1 heterocycles. The van der Waals surface area contributed by atoms with Crippen molar-refractivity contribution in [3.05, 3.63) is 0 Å². The van der Waals surface area contributed by atoms with E-state index in [9.17, 15) is 0 Å². The molecule has 1 aliphatic rings. The molecular weight excluding hydrogens is 98.0 g/mol. The van der Waals surface area contributed by atoms with Crippen LogP contribution in [0, 0.1) is 0 Å². The van der Waals surface area contributed by atoms with Crippen molar-refractivity contribution in [1.82, 2.24) is 5.48 Å². The zero-order chi connectivity index (χ0) is 5.11. The van der Waals surface area contributed by atoms with Crippen molar-refractivity contribution in [1.29, 1.82) is 0 Å². The molecule has 0 bridgehead atoms. The van der Waals surface area contributed by atoms with Gasteiger partial charge in [-0.05, 0) is 5.16 Å². The van der Waals surface area contributed by atoms with E-state index in [0.29, 0.717) is 0 Å². The van der Waals surface area contributed by atoms with Gasteiger partial charge in [-0.15, -0.1) is 0 Å². The quantitative estimate of drug-likeness (QED) is 0.401. The number of oxime groups is 1. The molecule has 7 heavy (non-hydrogen) atoms. The van der Waals surface area contributed by atoms with Gasteiger partial charge >= 0.3 is 0 Å². The summed E-state index contributed by atoms with van der Waals surface area (Å²) in [5.41, 5.74) is 7.31. The van der Waals surface area contributed by atoms with E-state index in [1.54, 1.807) is 0 Å². The monoisotopic (exact) mass is 103 g/mol. The summed E-state index contributed by atoms with van der Waals surface area (Å²) in [7, 11) is 0. The van der Waals surface area contributed by atoms with Gasteiger partial charge in [-0.2, -0.15) is 0 Å². The van der Waals surface area contributed by atoms with Crippen LogP contribution in [0.3, 0.4) is 0 Å². The highest BCUT2D eigenvalue weighted by Gasteiger charge is 1.96. The van der Waals surface area contributed by atoms with Gasteiger partial charge in [-0.25, -0.2) is 10.3 Å². The summed E-state index contributed by atoms with van der Waals surface area (Å²) in [4.78, 5) is 8.81. The molecular formula is C2H5N3O2. The Balaban J connectivity index is 2.40. The summed E-state index contributed by atoms with van der Waals surface area (Å²) in [6.07, 6.45) is 0. The van der Waals surface area contributed by atoms with Crippen LogP contribution >= 0.6 is 0 Å². The first-order valence-electron chi connectivity index (χ1n) is 1.73. The fourth-order valence-corrected chi connectivity index (χ4v) is 0.244. The largest absolute Gasteiger partial charge is 0.365 e. The number of hydroxylamine groups is 1. The third-order valence-electron chi connectivity index (χ3n) is 0.451. The second-order valence-corrected chi connectivity index (χ2v) is 0.970. The topological polar surface area (TPSA) is 68.9 Å². The van der Waals surface area contributed by atoms with Gasteiger partial charge in [-0.1, -0.05) is 0 Å². The van der Waals surface area contributed by atoms with E-state index >= 15 is 0 Å². The molecule has 0 saturated heterocycles. The summed E-state index contributed by atoms with van der Waals surface area (Å²) in [6, 6.07) is 0. The number of nitrogens with two attached hydrogens (primary N) is 1. The molecule has 3 N–H and O–H groups in total. The Morgan fingerprint density at radius 1 is 1.86 bits per heavy atom. The predicted molar refractivity (Wildman–Crippen MR) is 21.8 cm³/mol. The summed E-state index contributed by atoms with van der Waals surface area (Å²) in [5, 5.41) is 3.29. The molecule has 0 amide bonds. The first-order valence-corrected chi connectivity index (χ1v) is 1.73. The Labute approximate surface area is 40.0 Å². The smallest absolute Gasteiger partial charge is 0.255 e. The summed E-state index contributed by atoms with van der Waals surface area (Å²) in [5.74, 6) is 0.145. The molecule has 5 nitrogen and oxygen atoms in total. The average molecular weight is 103 g/mol. The van der Waals surface area contributed by atoms with E-state index in [1.807, 2.05) is 0 Å². The standard InChI is InChI=1S/C2H5N3O2/c3-2-4-6-1-7-5-2/h1H2,(H3,3,4,5). The van der Waals surface area contributed by atoms with Crippen LogP contribution in [0.5, 0.6) is 0 Å². The Kier molecular flexibility index (Phi) is 0.991. The van der Waals surface area contributed by atoms with Crippen LogP contribution in [0.2, 0.25) is 0 Å². The van der Waals surface area contributed by atoms with Crippen molar-refractivity contribution in [2.75, 3.05) is 6.79 Å². The molecule has 0 aromatic rings. The Bertz CT molecular complexity index is 90.9. The van der Waals surface area contributed by atoms with E-state index in [1.165, 1.54) is 0 Å². The van der Waals surface area contributed by atoms with Crippen LogP contribution in [-0.4, -0.2) is 12.8 Å². The molecule has 5 heteroatoms. The molecule has 0 saturated carbocycles. The molecule has 1 aliphatic heterocycles. The van der Waals surface area contributed by atoms with Gasteiger partial charge in [0.2, 0.25) is 6.79 Å². The van der Waals surface area contributed by atoms with Gasteiger partial charge in [0.15, 0.2) is 0 Å². The van der Waals surface area contributed by atoms with E-state index in [4.69, 9.17) is 5.73 Å². The van der Waals surface area contributed by atoms with Crippen molar-refractivity contribution in [2.24, 2.45) is 10.9 Å². The fraction of sp³-hybridized carbons (Fsp3) is 0.500. The molecule has 0 aromatic carbocycles. The van der Waals surface area contributed by atoms with Gasteiger partial charge in [0, 0.05) is 0 Å². The van der Waals surface area contributed by atoms with Crippen molar-refractivity contribution in [3.63, 3.8) is 0 Å². The second kappa shape index (κ2) is 1.65. The molecule has 0 aromatic heterocycles. The number of nitrogens with one attached hydrogen (secondary N) is 1. The first kappa shape index (κ1) is 4.20. The lowest BCUT2D eigenvalue weighted by molar-refractivity contribution is -0.0989. The van der Waals surface area contributed by atoms with Gasteiger partial charge in [0.25, 0.3) is 5.96 Å². The number of nitrogens with zero attached hydrogens (tertiary/aromatic N) is 1. The second-order valence-electron chi connectivity index (χ2n) is 0.970. The lowest BCUT2D eigenvalue weighted by Crippen LogP contribution is -2.35. The van der Waals surface area contributed by atoms with Crippen molar-refractivity contribution in [2.45, 2.75) is 0 Å². The van der Waals surface area contributed by atoms with Crippen LogP contribution in [-0.2, 0) is 9.68 Å². The molecule has 0 radical (unpaired) electrons. The Hall–Kier alpha value is -0.970. The number of rotatable bonds is 0. The van der Waals surface area contributed by atoms with E-state index in [-0.39, 0.29) is 12.8 Å². The predicted octanol–water partition coefficient (Wildman–Crippen LogP) is -1.27. The Morgan fingerprint density at radius 3 is 3.00 bits per heavy atom. The summed E-state index contributed by atoms with van der Waals surface area (Å²) < 4.78 is 0. The molecule has 40 valence electrons. The number of hydrogen-bond donors (Lipinski definition) is 2. The summed E-state index contributed by atoms with van der Waals surface area (Å²) in [6.45, 7) is 0.112. The first-order chi connectivity index (χ1) is 3.39. The van der Waals surface area contributed by atoms with Gasteiger partial charge < -0.3 is 10.6 Å². The number of guanidine groups is 1. The zero-order valence-corrected chi connectivity index (χ0v) is 3.55. The maximum absolute atomic E-state index is 5.02. The SMILES string of the molecule is NC1=NOCON1. The number of hydrogen-bond acceptors (Lipinski definition) is 5. The minimum atomic E-state index is 0.112. The van der Waals surface area contributed by atoms with Crippen LogP contribution in [0.25, 0.3) is 0 Å². The molecule has 0 atom stereocenters. The van der Waals surface area contributed by atoms with Crippen molar-refractivity contribution >= 4 is 5.96 Å². The molecule has 0 aliphatic carbocycles. The van der Waals surface area contributed by atoms with E-state index in [0.717, 1.165) is 0 Å². The fourth-order valence-electron chi connectivity index (χ4n) is 0.244. The van der Waals surface area contributed by atoms with Crippen LogP contribution in [0.15, 0.2) is 5.16 Å². The van der Waals surface area contributed by atoms with E-state index in [2.05, 4.69) is 20.3 Å². The van der Waals surface area contributed by atoms with Crippen LogP contribution in [0.1, 0.15) is 0 Å². The third kappa shape index (κ3) is 0.934. The normalized spacial score (nSPS) is 19.1. The highest BCUT2D eigenvalue weighted by Crippen LogP contribution is 1.80. The molecule has 0 unspecified atom stereocenters. The lowest BCUT2D eigenvalue weighted by atomic mass is 11.1. The Morgan fingerprint density at radius 2 is 2.71 bits per heavy atom. The van der Waals surface area contributed by atoms with Gasteiger partial charge in [0.05, 0.1) is 0 Å². The van der Waals surface area contributed by atoms with Gasteiger partial charge in [0.1, 0.15) is 0 Å². The van der Waals surface area contributed by atoms with Crippen LogP contribution < -0.4 is 11.2 Å². The third-order valence-corrected chi connectivity index (χ3v) is 0.451. The minimum Gasteiger partial charge on any atom is -0.365 e. The minimum absolute atomic E-state index is 0.112. The van der Waals surface area contributed by atoms with Crippen molar-refractivity contribution in [3.8, 4) is 0 Å². The molecule has 0 spiro atoms. The maximum atomic E-state index is 5.02. The van der Waals surface area contributed by atoms with Crippen molar-refractivity contribution < 1.29 is 9.68 Å². The average Bonchev–Trinajstić information content (AvgIpc) is 1.69. The summed E-state index contributed by atoms with van der Waals surface area (Å²) >= 11 is 0.